The number of hydrogen-bond donors (Lipinski definition) is 1. The largest absolute Gasteiger partial charge is 0.316 e. The van der Waals surface area contributed by atoms with Crippen molar-refractivity contribution >= 4 is 0 Å². The van der Waals surface area contributed by atoms with Gasteiger partial charge in [-0.05, 0) is 57.9 Å². The molecular weight excluding hydrogens is 184 g/mol. The van der Waals surface area contributed by atoms with E-state index in [0.717, 1.165) is 23.8 Å². The standard InChI is InChI=1S/C13H24N2/c1-9(10-4-5-10)15-8-11-6-14-7-12(11)13(15,2)3/h9-12,14H,4-8H2,1-3H3. The molecule has 0 bridgehead atoms. The molecule has 2 nitrogen and oxygen atoms in total. The summed E-state index contributed by atoms with van der Waals surface area (Å²) >= 11 is 0. The molecule has 0 aromatic carbocycles. The van der Waals surface area contributed by atoms with E-state index in [4.69, 9.17) is 0 Å². The average molecular weight is 208 g/mol. The van der Waals surface area contributed by atoms with Crippen molar-refractivity contribution in [3.05, 3.63) is 0 Å². The molecule has 2 heterocycles. The van der Waals surface area contributed by atoms with Crippen LogP contribution in [0.5, 0.6) is 0 Å². The highest BCUT2D eigenvalue weighted by Crippen LogP contribution is 2.46. The molecule has 3 fully saturated rings. The lowest BCUT2D eigenvalue weighted by Gasteiger charge is -2.40. The lowest BCUT2D eigenvalue weighted by atomic mass is 9.84. The lowest BCUT2D eigenvalue weighted by Crippen LogP contribution is -2.49. The van der Waals surface area contributed by atoms with E-state index < -0.39 is 0 Å². The molecule has 0 amide bonds. The number of fused-ring (bicyclic) bond motifs is 1. The molecule has 0 aromatic heterocycles. The molecule has 0 radical (unpaired) electrons. The summed E-state index contributed by atoms with van der Waals surface area (Å²) in [5.74, 6) is 2.82. The Hall–Kier alpha value is -0.0800. The first-order valence-electron chi connectivity index (χ1n) is 6.58. The molecule has 15 heavy (non-hydrogen) atoms. The third-order valence-corrected chi connectivity index (χ3v) is 5.21. The van der Waals surface area contributed by atoms with Gasteiger partial charge in [-0.3, -0.25) is 4.90 Å². The summed E-state index contributed by atoms with van der Waals surface area (Å²) in [6, 6.07) is 0.825. The van der Waals surface area contributed by atoms with Gasteiger partial charge in [0.15, 0.2) is 0 Å². The van der Waals surface area contributed by atoms with E-state index in [1.165, 1.54) is 32.5 Å². The monoisotopic (exact) mass is 208 g/mol. The van der Waals surface area contributed by atoms with Gasteiger partial charge in [0.2, 0.25) is 0 Å². The Morgan fingerprint density at radius 3 is 2.60 bits per heavy atom. The van der Waals surface area contributed by atoms with Crippen LogP contribution in [0.1, 0.15) is 33.6 Å². The highest BCUT2D eigenvalue weighted by Gasteiger charge is 2.52. The predicted molar refractivity (Wildman–Crippen MR) is 62.8 cm³/mol. The number of nitrogens with zero attached hydrogens (tertiary/aromatic N) is 1. The van der Waals surface area contributed by atoms with Gasteiger partial charge in [0.1, 0.15) is 0 Å². The molecule has 2 aliphatic heterocycles. The molecule has 3 atom stereocenters. The Morgan fingerprint density at radius 2 is 2.00 bits per heavy atom. The fourth-order valence-electron chi connectivity index (χ4n) is 3.98. The zero-order valence-corrected chi connectivity index (χ0v) is 10.3. The summed E-state index contributed by atoms with van der Waals surface area (Å²) in [6.45, 7) is 11.2. The van der Waals surface area contributed by atoms with E-state index in [1.54, 1.807) is 0 Å². The molecule has 2 heteroatoms. The highest BCUT2D eigenvalue weighted by atomic mass is 15.3. The maximum atomic E-state index is 3.56. The van der Waals surface area contributed by atoms with Crippen molar-refractivity contribution in [3.8, 4) is 0 Å². The molecular formula is C13H24N2. The third-order valence-electron chi connectivity index (χ3n) is 5.21. The quantitative estimate of drug-likeness (QED) is 0.743. The SMILES string of the molecule is CC(C1CC1)N1CC2CNCC2C1(C)C. The second-order valence-corrected chi connectivity index (χ2v) is 6.41. The summed E-state index contributed by atoms with van der Waals surface area (Å²) in [4.78, 5) is 2.81. The van der Waals surface area contributed by atoms with E-state index in [0.29, 0.717) is 5.54 Å². The van der Waals surface area contributed by atoms with Crippen LogP contribution in [-0.2, 0) is 0 Å². The smallest absolute Gasteiger partial charge is 0.0200 e. The van der Waals surface area contributed by atoms with Crippen molar-refractivity contribution in [3.63, 3.8) is 0 Å². The first-order valence-corrected chi connectivity index (χ1v) is 6.58. The number of rotatable bonds is 2. The van der Waals surface area contributed by atoms with Crippen LogP contribution in [-0.4, -0.2) is 36.1 Å². The third kappa shape index (κ3) is 1.45. The molecule has 3 aliphatic rings. The maximum absolute atomic E-state index is 3.56. The first-order chi connectivity index (χ1) is 7.10. The molecule has 0 aromatic rings. The maximum Gasteiger partial charge on any atom is 0.0200 e. The minimum absolute atomic E-state index is 0.427. The predicted octanol–water partition coefficient (Wildman–Crippen LogP) is 1.71. The second kappa shape index (κ2) is 3.21. The zero-order valence-electron chi connectivity index (χ0n) is 10.3. The van der Waals surface area contributed by atoms with E-state index in [2.05, 4.69) is 31.0 Å². The van der Waals surface area contributed by atoms with Crippen LogP contribution in [0.2, 0.25) is 0 Å². The Labute approximate surface area is 93.4 Å². The van der Waals surface area contributed by atoms with Gasteiger partial charge in [-0.15, -0.1) is 0 Å². The van der Waals surface area contributed by atoms with Crippen molar-refractivity contribution < 1.29 is 0 Å². The van der Waals surface area contributed by atoms with Crippen molar-refractivity contribution in [2.45, 2.75) is 45.2 Å². The summed E-state index contributed by atoms with van der Waals surface area (Å²) < 4.78 is 0. The topological polar surface area (TPSA) is 15.3 Å². The molecule has 3 rings (SSSR count). The van der Waals surface area contributed by atoms with E-state index in [-0.39, 0.29) is 0 Å². The Morgan fingerprint density at radius 1 is 1.27 bits per heavy atom. The molecule has 3 unspecified atom stereocenters. The van der Waals surface area contributed by atoms with Crippen molar-refractivity contribution in [1.29, 1.82) is 0 Å². The van der Waals surface area contributed by atoms with Crippen LogP contribution in [0.15, 0.2) is 0 Å². The van der Waals surface area contributed by atoms with Crippen molar-refractivity contribution in [1.82, 2.24) is 10.2 Å². The van der Waals surface area contributed by atoms with E-state index in [1.807, 2.05) is 0 Å². The van der Waals surface area contributed by atoms with Gasteiger partial charge in [-0.2, -0.15) is 0 Å². The molecule has 86 valence electrons. The number of nitrogens with one attached hydrogen (secondary N) is 1. The van der Waals surface area contributed by atoms with E-state index in [9.17, 15) is 0 Å². The van der Waals surface area contributed by atoms with E-state index >= 15 is 0 Å². The summed E-state index contributed by atoms with van der Waals surface area (Å²) in [5, 5.41) is 3.56. The number of likely N-dealkylation sites (tertiary alicyclic amines) is 1. The van der Waals surface area contributed by atoms with Gasteiger partial charge >= 0.3 is 0 Å². The van der Waals surface area contributed by atoms with Crippen LogP contribution in [0, 0.1) is 17.8 Å². The van der Waals surface area contributed by atoms with Crippen molar-refractivity contribution in [2.75, 3.05) is 19.6 Å². The first kappa shape index (κ1) is 10.1. The van der Waals surface area contributed by atoms with Gasteiger partial charge in [-0.1, -0.05) is 0 Å². The van der Waals surface area contributed by atoms with Crippen LogP contribution in [0.3, 0.4) is 0 Å². The normalized spacial score (nSPS) is 41.8. The van der Waals surface area contributed by atoms with Crippen LogP contribution >= 0.6 is 0 Å². The van der Waals surface area contributed by atoms with Gasteiger partial charge in [-0.25, -0.2) is 0 Å². The Bertz CT molecular complexity index is 257. The zero-order chi connectivity index (χ0) is 10.6. The lowest BCUT2D eigenvalue weighted by molar-refractivity contribution is 0.0862. The minimum Gasteiger partial charge on any atom is -0.316 e. The van der Waals surface area contributed by atoms with Crippen molar-refractivity contribution in [2.24, 2.45) is 17.8 Å². The van der Waals surface area contributed by atoms with Gasteiger partial charge in [0.05, 0.1) is 0 Å². The fourth-order valence-corrected chi connectivity index (χ4v) is 3.98. The second-order valence-electron chi connectivity index (χ2n) is 6.41. The fraction of sp³-hybridized carbons (Fsp3) is 1.00. The molecule has 2 saturated heterocycles. The summed E-state index contributed by atoms with van der Waals surface area (Å²) in [7, 11) is 0. The molecule has 1 N–H and O–H groups in total. The van der Waals surface area contributed by atoms with Gasteiger partial charge in [0, 0.05) is 24.7 Å². The summed E-state index contributed by atoms with van der Waals surface area (Å²) in [6.07, 6.45) is 2.95. The van der Waals surface area contributed by atoms with Crippen LogP contribution in [0.4, 0.5) is 0 Å². The molecule has 0 spiro atoms. The highest BCUT2D eigenvalue weighted by molar-refractivity contribution is 5.07. The van der Waals surface area contributed by atoms with Crippen LogP contribution in [0.25, 0.3) is 0 Å². The average Bonchev–Trinajstić information content (AvgIpc) is 2.86. The molecule has 1 saturated carbocycles. The molecule has 1 aliphatic carbocycles. The summed E-state index contributed by atoms with van der Waals surface area (Å²) in [5.41, 5.74) is 0.427. The number of hydrogen-bond acceptors (Lipinski definition) is 2. The Balaban J connectivity index is 1.79. The Kier molecular flexibility index (Phi) is 2.16. The van der Waals surface area contributed by atoms with Crippen LogP contribution < -0.4 is 5.32 Å². The minimum atomic E-state index is 0.427. The van der Waals surface area contributed by atoms with Gasteiger partial charge in [0.25, 0.3) is 0 Å². The van der Waals surface area contributed by atoms with Gasteiger partial charge < -0.3 is 5.32 Å².